The van der Waals surface area contributed by atoms with Crippen LogP contribution in [0.5, 0.6) is 0 Å². The number of aromatic nitrogens is 2. The number of likely N-dealkylation sites (tertiary alicyclic amines) is 1. The second kappa shape index (κ2) is 7.70. The number of carbonyl (C=O) groups excluding carboxylic acids is 1. The normalized spacial score (nSPS) is 15.2. The van der Waals surface area contributed by atoms with Crippen LogP contribution >= 0.6 is 11.3 Å². The van der Waals surface area contributed by atoms with E-state index in [1.54, 1.807) is 30.0 Å². The molecule has 3 aromatic rings. The number of hydrogen-bond donors (Lipinski definition) is 0. The fraction of sp³-hybridized carbons (Fsp3) is 0.316. The number of pyridine rings is 1. The van der Waals surface area contributed by atoms with Crippen LogP contribution in [0.3, 0.4) is 0 Å². The molecule has 0 atom stereocenters. The third-order valence-corrected chi connectivity index (χ3v) is 5.29. The fourth-order valence-electron chi connectivity index (χ4n) is 3.15. The van der Waals surface area contributed by atoms with E-state index in [1.807, 2.05) is 29.2 Å². The molecule has 4 heterocycles. The lowest BCUT2D eigenvalue weighted by Gasteiger charge is -2.16. The summed E-state index contributed by atoms with van der Waals surface area (Å²) in [5.41, 5.74) is 1.83. The summed E-state index contributed by atoms with van der Waals surface area (Å²) in [6, 6.07) is 7.66. The van der Waals surface area contributed by atoms with Crippen molar-refractivity contribution in [2.75, 3.05) is 13.1 Å². The molecular formula is C19H20N4O2S. The maximum Gasteiger partial charge on any atom is 0.222 e. The highest BCUT2D eigenvalue weighted by molar-refractivity contribution is 7.07. The molecule has 0 spiro atoms. The second-order valence-corrected chi connectivity index (χ2v) is 7.03. The van der Waals surface area contributed by atoms with Gasteiger partial charge in [-0.05, 0) is 37.1 Å². The first kappa shape index (κ1) is 16.8. The van der Waals surface area contributed by atoms with Crippen LogP contribution in [-0.4, -0.2) is 33.4 Å². The molecule has 0 aromatic carbocycles. The topological polar surface area (TPSA) is 63.6 Å². The fourth-order valence-corrected chi connectivity index (χ4v) is 4.08. The summed E-state index contributed by atoms with van der Waals surface area (Å²) in [5.74, 6) is 1.10. The van der Waals surface area contributed by atoms with E-state index in [0.29, 0.717) is 6.42 Å². The van der Waals surface area contributed by atoms with Crippen LogP contribution in [0.2, 0.25) is 0 Å². The van der Waals surface area contributed by atoms with Crippen molar-refractivity contribution in [1.29, 1.82) is 0 Å². The van der Waals surface area contributed by atoms with Gasteiger partial charge in [-0.1, -0.05) is 0 Å². The van der Waals surface area contributed by atoms with Gasteiger partial charge in [0, 0.05) is 37.6 Å². The van der Waals surface area contributed by atoms with Gasteiger partial charge in [-0.25, -0.2) is 4.99 Å². The first-order valence-corrected chi connectivity index (χ1v) is 9.64. The van der Waals surface area contributed by atoms with Crippen molar-refractivity contribution in [1.82, 2.24) is 14.5 Å². The summed E-state index contributed by atoms with van der Waals surface area (Å²) in [6.07, 6.45) is 7.71. The predicted molar refractivity (Wildman–Crippen MR) is 99.9 cm³/mol. The molecule has 1 aliphatic rings. The van der Waals surface area contributed by atoms with Gasteiger partial charge in [0.1, 0.15) is 0 Å². The molecule has 1 aliphatic heterocycles. The Morgan fingerprint density at radius 2 is 2.23 bits per heavy atom. The van der Waals surface area contributed by atoms with Gasteiger partial charge in [0.05, 0.1) is 23.8 Å². The zero-order valence-corrected chi connectivity index (χ0v) is 15.2. The zero-order valence-electron chi connectivity index (χ0n) is 14.4. The molecule has 6 nitrogen and oxygen atoms in total. The van der Waals surface area contributed by atoms with E-state index in [-0.39, 0.29) is 5.91 Å². The Bertz CT molecular complexity index is 928. The lowest BCUT2D eigenvalue weighted by molar-refractivity contribution is -0.127. The maximum absolute atomic E-state index is 11.8. The summed E-state index contributed by atoms with van der Waals surface area (Å²) in [6.45, 7) is 2.44. The molecule has 3 aromatic heterocycles. The minimum Gasteiger partial charge on any atom is -0.463 e. The Labute approximate surface area is 155 Å². The molecule has 0 aliphatic carbocycles. The highest BCUT2D eigenvalue weighted by Gasteiger charge is 2.19. The van der Waals surface area contributed by atoms with Gasteiger partial charge in [-0.15, -0.1) is 11.3 Å². The van der Waals surface area contributed by atoms with Crippen LogP contribution < -0.4 is 4.80 Å². The molecule has 0 unspecified atom stereocenters. The summed E-state index contributed by atoms with van der Waals surface area (Å²) in [4.78, 5) is 23.5. The second-order valence-electron chi connectivity index (χ2n) is 6.19. The molecule has 0 radical (unpaired) electrons. The number of rotatable bonds is 6. The van der Waals surface area contributed by atoms with Crippen LogP contribution in [0, 0.1) is 0 Å². The Morgan fingerprint density at radius 1 is 1.27 bits per heavy atom. The molecule has 0 N–H and O–H groups in total. The highest BCUT2D eigenvalue weighted by atomic mass is 32.1. The molecule has 0 saturated carbocycles. The molecule has 1 fully saturated rings. The maximum atomic E-state index is 11.8. The molecule has 134 valence electrons. The van der Waals surface area contributed by atoms with Gasteiger partial charge in [0.2, 0.25) is 5.91 Å². The SMILES string of the molecule is O=C1CCCN1CCCn1c(-c2ccco2)csc1=Nc1cccnc1. The average Bonchev–Trinajstić information content (AvgIpc) is 3.39. The standard InChI is InChI=1S/C19H20N4O2S/c24-18-7-2-9-22(18)10-4-11-23-16(17-6-3-12-25-17)14-26-19(23)21-15-5-1-8-20-13-15/h1,3,5-6,8,12-14H,2,4,7,9-11H2. The smallest absolute Gasteiger partial charge is 0.222 e. The van der Waals surface area contributed by atoms with Gasteiger partial charge in [-0.2, -0.15) is 0 Å². The number of hydrogen-bond acceptors (Lipinski definition) is 5. The van der Waals surface area contributed by atoms with Crippen LogP contribution in [0.25, 0.3) is 11.5 Å². The van der Waals surface area contributed by atoms with Crippen molar-refractivity contribution in [3.63, 3.8) is 0 Å². The molecule has 7 heteroatoms. The highest BCUT2D eigenvalue weighted by Crippen LogP contribution is 2.21. The van der Waals surface area contributed by atoms with E-state index in [1.165, 1.54) is 0 Å². The summed E-state index contributed by atoms with van der Waals surface area (Å²) < 4.78 is 7.75. The van der Waals surface area contributed by atoms with Crippen molar-refractivity contribution in [3.05, 3.63) is 53.1 Å². The van der Waals surface area contributed by atoms with E-state index in [0.717, 1.165) is 54.4 Å². The van der Waals surface area contributed by atoms with Crippen LogP contribution in [-0.2, 0) is 11.3 Å². The number of amides is 1. The van der Waals surface area contributed by atoms with Crippen LogP contribution in [0.4, 0.5) is 5.69 Å². The van der Waals surface area contributed by atoms with Crippen LogP contribution in [0.1, 0.15) is 19.3 Å². The van der Waals surface area contributed by atoms with Crippen molar-refractivity contribution >= 4 is 22.9 Å². The summed E-state index contributed by atoms with van der Waals surface area (Å²) >= 11 is 1.58. The predicted octanol–water partition coefficient (Wildman–Crippen LogP) is 3.45. The van der Waals surface area contributed by atoms with E-state index in [9.17, 15) is 4.79 Å². The minimum atomic E-state index is 0.270. The van der Waals surface area contributed by atoms with Crippen molar-refractivity contribution < 1.29 is 9.21 Å². The van der Waals surface area contributed by atoms with Crippen molar-refractivity contribution in [3.8, 4) is 11.5 Å². The Kier molecular flexibility index (Phi) is 4.97. The van der Waals surface area contributed by atoms with Gasteiger partial charge in [0.15, 0.2) is 10.6 Å². The lowest BCUT2D eigenvalue weighted by atomic mass is 10.3. The largest absolute Gasteiger partial charge is 0.463 e. The average molecular weight is 368 g/mol. The Morgan fingerprint density at radius 3 is 2.96 bits per heavy atom. The molecule has 0 bridgehead atoms. The van der Waals surface area contributed by atoms with Gasteiger partial charge >= 0.3 is 0 Å². The van der Waals surface area contributed by atoms with Crippen molar-refractivity contribution in [2.45, 2.75) is 25.8 Å². The van der Waals surface area contributed by atoms with E-state index < -0.39 is 0 Å². The molecule has 4 rings (SSSR count). The summed E-state index contributed by atoms with van der Waals surface area (Å²) in [5, 5.41) is 2.06. The van der Waals surface area contributed by atoms with Crippen LogP contribution in [0.15, 0.2) is 57.7 Å². The quantitative estimate of drug-likeness (QED) is 0.669. The first-order valence-electron chi connectivity index (χ1n) is 8.76. The Hall–Kier alpha value is -2.67. The third-order valence-electron chi connectivity index (χ3n) is 4.42. The monoisotopic (exact) mass is 368 g/mol. The van der Waals surface area contributed by atoms with Crippen molar-refractivity contribution in [2.24, 2.45) is 4.99 Å². The van der Waals surface area contributed by atoms with E-state index in [2.05, 4.69) is 14.9 Å². The van der Waals surface area contributed by atoms with Gasteiger partial charge in [-0.3, -0.25) is 9.78 Å². The first-order chi connectivity index (χ1) is 12.8. The van der Waals surface area contributed by atoms with E-state index >= 15 is 0 Å². The summed E-state index contributed by atoms with van der Waals surface area (Å²) in [7, 11) is 0. The van der Waals surface area contributed by atoms with Gasteiger partial charge < -0.3 is 13.9 Å². The number of furan rings is 1. The Balaban J connectivity index is 1.60. The minimum absolute atomic E-state index is 0.270. The lowest BCUT2D eigenvalue weighted by Crippen LogP contribution is -2.27. The third kappa shape index (κ3) is 3.62. The zero-order chi connectivity index (χ0) is 17.8. The number of carbonyl (C=O) groups is 1. The molecule has 1 saturated heterocycles. The number of thiazole rings is 1. The number of nitrogens with zero attached hydrogens (tertiary/aromatic N) is 4. The van der Waals surface area contributed by atoms with Gasteiger partial charge in [0.25, 0.3) is 0 Å². The molecular weight excluding hydrogens is 348 g/mol. The molecule has 1 amide bonds. The molecule has 26 heavy (non-hydrogen) atoms. The van der Waals surface area contributed by atoms with E-state index in [4.69, 9.17) is 9.41 Å².